The molecule has 5 heteroatoms. The lowest BCUT2D eigenvalue weighted by atomic mass is 10.3. The first kappa shape index (κ1) is 12.3. The molecule has 1 aromatic heterocycles. The molecule has 0 unspecified atom stereocenters. The van der Waals surface area contributed by atoms with E-state index in [0.29, 0.717) is 22.4 Å². The van der Waals surface area contributed by atoms with Crippen molar-refractivity contribution >= 4 is 23.4 Å². The lowest BCUT2D eigenvalue weighted by Gasteiger charge is -2.03. The van der Waals surface area contributed by atoms with Crippen molar-refractivity contribution in [1.29, 1.82) is 0 Å². The summed E-state index contributed by atoms with van der Waals surface area (Å²) in [5.41, 5.74) is 0.783. The second kappa shape index (κ2) is 5.98. The Morgan fingerprint density at radius 2 is 2.06 bits per heavy atom. The van der Waals surface area contributed by atoms with Gasteiger partial charge in [0.2, 0.25) is 0 Å². The van der Waals surface area contributed by atoms with Crippen molar-refractivity contribution in [3.05, 3.63) is 53.9 Å². The molecule has 1 aromatic carbocycles. The van der Waals surface area contributed by atoms with E-state index >= 15 is 0 Å². The van der Waals surface area contributed by atoms with Crippen molar-refractivity contribution in [1.82, 2.24) is 9.97 Å². The summed E-state index contributed by atoms with van der Waals surface area (Å²) in [5, 5.41) is 0. The molecule has 17 heavy (non-hydrogen) atoms. The number of thioether (sulfide) groups is 1. The Bertz CT molecular complexity index is 507. The fourth-order valence-electron chi connectivity index (χ4n) is 1.29. The first-order valence-electron chi connectivity index (χ1n) is 5.03. The van der Waals surface area contributed by atoms with E-state index in [0.717, 1.165) is 5.69 Å². The van der Waals surface area contributed by atoms with Gasteiger partial charge in [-0.1, -0.05) is 12.1 Å². The molecule has 2 nitrogen and oxygen atoms in total. The number of hydrogen-bond acceptors (Lipinski definition) is 3. The van der Waals surface area contributed by atoms with Crippen molar-refractivity contribution < 1.29 is 4.39 Å². The monoisotopic (exact) mass is 268 g/mol. The van der Waals surface area contributed by atoms with Gasteiger partial charge in [-0.3, -0.25) is 0 Å². The summed E-state index contributed by atoms with van der Waals surface area (Å²) in [5.74, 6) is 1.34. The lowest BCUT2D eigenvalue weighted by Crippen LogP contribution is -1.95. The molecule has 0 atom stereocenters. The van der Waals surface area contributed by atoms with E-state index in [1.165, 1.54) is 17.8 Å². The van der Waals surface area contributed by atoms with Crippen LogP contribution in [0.2, 0.25) is 0 Å². The van der Waals surface area contributed by atoms with Crippen molar-refractivity contribution in [3.63, 3.8) is 0 Å². The Morgan fingerprint density at radius 1 is 1.24 bits per heavy atom. The predicted octanol–water partition coefficient (Wildman–Crippen LogP) is 3.65. The van der Waals surface area contributed by atoms with Gasteiger partial charge >= 0.3 is 0 Å². The van der Waals surface area contributed by atoms with E-state index in [1.54, 1.807) is 24.4 Å². The van der Waals surface area contributed by atoms with E-state index < -0.39 is 0 Å². The molecule has 88 valence electrons. The zero-order chi connectivity index (χ0) is 12.1. The Hall–Kier alpha value is -1.13. The van der Waals surface area contributed by atoms with Crippen LogP contribution in [0, 0.1) is 5.82 Å². The van der Waals surface area contributed by atoms with E-state index in [4.69, 9.17) is 11.6 Å². The number of aromatic nitrogens is 2. The summed E-state index contributed by atoms with van der Waals surface area (Å²) in [7, 11) is 0. The SMILES string of the molecule is Fc1ccccc1SCc1nccc(CCl)n1. The summed E-state index contributed by atoms with van der Waals surface area (Å²) < 4.78 is 13.4. The Morgan fingerprint density at radius 3 is 2.82 bits per heavy atom. The fourth-order valence-corrected chi connectivity index (χ4v) is 2.24. The molecule has 0 radical (unpaired) electrons. The van der Waals surface area contributed by atoms with Crippen molar-refractivity contribution in [3.8, 4) is 0 Å². The van der Waals surface area contributed by atoms with Gasteiger partial charge in [0.25, 0.3) is 0 Å². The molecule has 0 N–H and O–H groups in total. The fraction of sp³-hybridized carbons (Fsp3) is 0.167. The molecular formula is C12H10ClFN2S. The van der Waals surface area contributed by atoms with Crippen LogP contribution in [-0.4, -0.2) is 9.97 Å². The third-order valence-electron chi connectivity index (χ3n) is 2.09. The molecule has 0 aliphatic heterocycles. The highest BCUT2D eigenvalue weighted by Crippen LogP contribution is 2.23. The third-order valence-corrected chi connectivity index (χ3v) is 3.41. The molecule has 0 aliphatic rings. The van der Waals surface area contributed by atoms with Crippen molar-refractivity contribution in [2.45, 2.75) is 16.5 Å². The van der Waals surface area contributed by atoms with E-state index in [-0.39, 0.29) is 5.82 Å². The molecule has 0 spiro atoms. The van der Waals surface area contributed by atoms with Gasteiger partial charge in [0.15, 0.2) is 0 Å². The van der Waals surface area contributed by atoms with Crippen LogP contribution in [0.1, 0.15) is 11.5 Å². The quantitative estimate of drug-likeness (QED) is 0.625. The topological polar surface area (TPSA) is 25.8 Å². The van der Waals surface area contributed by atoms with E-state index in [1.807, 2.05) is 6.07 Å². The maximum atomic E-state index is 13.4. The number of rotatable bonds is 4. The van der Waals surface area contributed by atoms with Crippen molar-refractivity contribution in [2.24, 2.45) is 0 Å². The largest absolute Gasteiger partial charge is 0.240 e. The molecule has 1 heterocycles. The van der Waals surface area contributed by atoms with Gasteiger partial charge in [-0.15, -0.1) is 23.4 Å². The van der Waals surface area contributed by atoms with Gasteiger partial charge in [-0.05, 0) is 18.2 Å². The summed E-state index contributed by atoms with van der Waals surface area (Å²) in [6, 6.07) is 8.43. The maximum absolute atomic E-state index is 13.4. The molecule has 0 fully saturated rings. The number of nitrogens with zero attached hydrogens (tertiary/aromatic N) is 2. The van der Waals surface area contributed by atoms with Crippen LogP contribution >= 0.6 is 23.4 Å². The minimum absolute atomic E-state index is 0.217. The number of halogens is 2. The highest BCUT2D eigenvalue weighted by atomic mass is 35.5. The summed E-state index contributed by atoms with van der Waals surface area (Å²) >= 11 is 7.06. The van der Waals surface area contributed by atoms with E-state index in [9.17, 15) is 4.39 Å². The lowest BCUT2D eigenvalue weighted by molar-refractivity contribution is 0.602. The standard InChI is InChI=1S/C12H10ClFN2S/c13-7-9-5-6-15-12(16-9)8-17-11-4-2-1-3-10(11)14/h1-6H,7-8H2. The molecule has 0 saturated heterocycles. The molecule has 2 aromatic rings. The van der Waals surface area contributed by atoms with Gasteiger partial charge in [0.05, 0.1) is 17.3 Å². The zero-order valence-electron chi connectivity index (χ0n) is 8.94. The van der Waals surface area contributed by atoms with Gasteiger partial charge in [0.1, 0.15) is 11.6 Å². The molecule has 2 rings (SSSR count). The van der Waals surface area contributed by atoms with Crippen LogP contribution < -0.4 is 0 Å². The van der Waals surface area contributed by atoms with Crippen LogP contribution in [0.5, 0.6) is 0 Å². The second-order valence-corrected chi connectivity index (χ2v) is 4.60. The minimum Gasteiger partial charge on any atom is -0.240 e. The Balaban J connectivity index is 2.05. The second-order valence-electron chi connectivity index (χ2n) is 3.32. The molecule has 0 aliphatic carbocycles. The molecule has 0 bridgehead atoms. The van der Waals surface area contributed by atoms with Crippen LogP contribution in [0.4, 0.5) is 4.39 Å². The molecule has 0 amide bonds. The van der Waals surface area contributed by atoms with Crippen LogP contribution in [0.15, 0.2) is 41.4 Å². The maximum Gasteiger partial charge on any atom is 0.138 e. The van der Waals surface area contributed by atoms with Crippen molar-refractivity contribution in [2.75, 3.05) is 0 Å². The van der Waals surface area contributed by atoms with Gasteiger partial charge in [-0.25, -0.2) is 14.4 Å². The van der Waals surface area contributed by atoms with Crippen LogP contribution in [0.3, 0.4) is 0 Å². The Kier molecular flexibility index (Phi) is 4.34. The number of benzene rings is 1. The number of hydrogen-bond donors (Lipinski definition) is 0. The van der Waals surface area contributed by atoms with E-state index in [2.05, 4.69) is 9.97 Å². The molecular weight excluding hydrogens is 259 g/mol. The normalized spacial score (nSPS) is 10.5. The highest BCUT2D eigenvalue weighted by molar-refractivity contribution is 7.98. The summed E-state index contributed by atoms with van der Waals surface area (Å²) in [6.07, 6.45) is 1.67. The average molecular weight is 269 g/mol. The van der Waals surface area contributed by atoms with Crippen LogP contribution in [-0.2, 0) is 11.6 Å². The predicted molar refractivity (Wildman–Crippen MR) is 67.6 cm³/mol. The third kappa shape index (κ3) is 3.41. The Labute approximate surface area is 108 Å². The summed E-state index contributed by atoms with van der Waals surface area (Å²) in [4.78, 5) is 8.97. The van der Waals surface area contributed by atoms with Gasteiger partial charge in [0, 0.05) is 11.1 Å². The van der Waals surface area contributed by atoms with Gasteiger partial charge in [-0.2, -0.15) is 0 Å². The summed E-state index contributed by atoms with van der Waals surface area (Å²) in [6.45, 7) is 0. The smallest absolute Gasteiger partial charge is 0.138 e. The first-order chi connectivity index (χ1) is 8.29. The van der Waals surface area contributed by atoms with Gasteiger partial charge < -0.3 is 0 Å². The zero-order valence-corrected chi connectivity index (χ0v) is 10.5. The average Bonchev–Trinajstić information content (AvgIpc) is 2.38. The first-order valence-corrected chi connectivity index (χ1v) is 6.55. The highest BCUT2D eigenvalue weighted by Gasteiger charge is 2.04. The number of alkyl halides is 1. The minimum atomic E-state index is -0.217. The molecule has 0 saturated carbocycles. The van der Waals surface area contributed by atoms with Crippen LogP contribution in [0.25, 0.3) is 0 Å².